The summed E-state index contributed by atoms with van der Waals surface area (Å²) >= 11 is 0. The number of hydrogen-bond donors (Lipinski definition) is 0. The smallest absolute Gasteiger partial charge is 0.254 e. The Kier molecular flexibility index (Phi) is 4.77. The van der Waals surface area contributed by atoms with Crippen LogP contribution in [0, 0.1) is 18.6 Å². The van der Waals surface area contributed by atoms with Gasteiger partial charge in [0.15, 0.2) is 5.58 Å². The first-order chi connectivity index (χ1) is 15.0. The van der Waals surface area contributed by atoms with Gasteiger partial charge in [-0.15, -0.1) is 0 Å². The van der Waals surface area contributed by atoms with Crippen molar-refractivity contribution in [2.75, 3.05) is 6.54 Å². The molecule has 4 aromatic rings. The molecule has 0 spiro atoms. The summed E-state index contributed by atoms with van der Waals surface area (Å²) in [7, 11) is 0. The van der Waals surface area contributed by atoms with Gasteiger partial charge in [-0.25, -0.2) is 13.8 Å². The molecule has 4 nitrogen and oxygen atoms in total. The lowest BCUT2D eigenvalue weighted by atomic mass is 10.0. The Balaban J connectivity index is 1.46. The van der Waals surface area contributed by atoms with E-state index in [0.29, 0.717) is 34.7 Å². The van der Waals surface area contributed by atoms with Crippen molar-refractivity contribution < 1.29 is 18.0 Å². The van der Waals surface area contributed by atoms with Gasteiger partial charge >= 0.3 is 0 Å². The minimum Gasteiger partial charge on any atom is -0.438 e. The van der Waals surface area contributed by atoms with Crippen molar-refractivity contribution >= 4 is 17.0 Å². The topological polar surface area (TPSA) is 46.3 Å². The molecule has 156 valence electrons. The second kappa shape index (κ2) is 7.61. The van der Waals surface area contributed by atoms with Crippen LogP contribution in [0.15, 0.2) is 65.1 Å². The molecule has 1 aliphatic rings. The number of benzene rings is 3. The first-order valence-electron chi connectivity index (χ1n) is 10.2. The lowest BCUT2D eigenvalue weighted by Gasteiger charge is -2.22. The van der Waals surface area contributed by atoms with Crippen LogP contribution >= 0.6 is 0 Å². The summed E-state index contributed by atoms with van der Waals surface area (Å²) in [4.78, 5) is 19.4. The van der Waals surface area contributed by atoms with Gasteiger partial charge in [0, 0.05) is 12.1 Å². The number of hydrogen-bond acceptors (Lipinski definition) is 3. The van der Waals surface area contributed by atoms with E-state index in [4.69, 9.17) is 4.42 Å². The zero-order valence-electron chi connectivity index (χ0n) is 16.9. The molecule has 2 heterocycles. The predicted molar refractivity (Wildman–Crippen MR) is 114 cm³/mol. The molecular formula is C25H20F2N2O2. The summed E-state index contributed by atoms with van der Waals surface area (Å²) in [5.74, 6) is -0.274. The van der Waals surface area contributed by atoms with Crippen molar-refractivity contribution in [1.82, 2.24) is 9.88 Å². The number of aryl methyl sites for hydroxylation is 1. The molecule has 5 rings (SSSR count). The quantitative estimate of drug-likeness (QED) is 0.406. The highest BCUT2D eigenvalue weighted by Gasteiger charge is 2.34. The highest BCUT2D eigenvalue weighted by atomic mass is 19.1. The molecule has 1 aliphatic heterocycles. The average Bonchev–Trinajstić information content (AvgIpc) is 3.42. The van der Waals surface area contributed by atoms with Gasteiger partial charge in [-0.3, -0.25) is 4.79 Å². The molecule has 0 N–H and O–H groups in total. The van der Waals surface area contributed by atoms with Crippen LogP contribution in [0.25, 0.3) is 22.2 Å². The van der Waals surface area contributed by atoms with E-state index in [2.05, 4.69) is 4.98 Å². The minimum atomic E-state index is -0.374. The number of rotatable bonds is 3. The van der Waals surface area contributed by atoms with Crippen LogP contribution in [0.2, 0.25) is 0 Å². The number of carbonyl (C=O) groups excluding carboxylic acids is 1. The summed E-state index contributed by atoms with van der Waals surface area (Å²) < 4.78 is 32.8. The Labute approximate surface area is 178 Å². The third-order valence-electron chi connectivity index (χ3n) is 5.79. The van der Waals surface area contributed by atoms with Crippen LogP contribution in [0.3, 0.4) is 0 Å². The lowest BCUT2D eigenvalue weighted by Crippen LogP contribution is -2.30. The molecule has 0 unspecified atom stereocenters. The summed E-state index contributed by atoms with van der Waals surface area (Å²) in [6.07, 6.45) is 1.60. The molecule has 6 heteroatoms. The maximum Gasteiger partial charge on any atom is 0.254 e. The van der Waals surface area contributed by atoms with Crippen molar-refractivity contribution in [3.8, 4) is 11.1 Å². The van der Waals surface area contributed by atoms with Gasteiger partial charge in [-0.05, 0) is 85.0 Å². The van der Waals surface area contributed by atoms with Crippen LogP contribution in [0.1, 0.15) is 40.7 Å². The predicted octanol–water partition coefficient (Wildman–Crippen LogP) is 6.06. The highest BCUT2D eigenvalue weighted by Crippen LogP contribution is 2.35. The maximum atomic E-state index is 13.6. The SMILES string of the molecule is Cc1cc(-c2ccc3oc([C@H]4CCCN4C(=O)c4ccc(F)cc4)nc3c2)ccc1F. The first kappa shape index (κ1) is 19.4. The van der Waals surface area contributed by atoms with Crippen molar-refractivity contribution in [3.63, 3.8) is 0 Å². The van der Waals surface area contributed by atoms with E-state index in [9.17, 15) is 13.6 Å². The number of likely N-dealkylation sites (tertiary alicyclic amines) is 1. The standard InChI is InChI=1S/C25H20F2N2O2/c1-15-13-17(6-10-20(15)27)18-7-11-23-21(14-18)28-24(31-23)22-3-2-12-29(22)25(30)16-4-8-19(26)9-5-16/h4-11,13-14,22H,2-3,12H2,1H3/t22-/m1/s1. The van der Waals surface area contributed by atoms with E-state index in [1.807, 2.05) is 18.2 Å². The summed E-state index contributed by atoms with van der Waals surface area (Å²) in [6, 6.07) is 16.0. The van der Waals surface area contributed by atoms with Gasteiger partial charge in [0.2, 0.25) is 5.89 Å². The number of halogens is 2. The molecule has 0 radical (unpaired) electrons. The number of fused-ring (bicyclic) bond motifs is 1. The van der Waals surface area contributed by atoms with Crippen LogP contribution in [0.5, 0.6) is 0 Å². The molecular weight excluding hydrogens is 398 g/mol. The molecule has 0 bridgehead atoms. The van der Waals surface area contributed by atoms with Gasteiger partial charge in [-0.1, -0.05) is 12.1 Å². The van der Waals surface area contributed by atoms with Crippen molar-refractivity contribution in [2.45, 2.75) is 25.8 Å². The zero-order chi connectivity index (χ0) is 21.5. The fraction of sp³-hybridized carbons (Fsp3) is 0.200. The van der Waals surface area contributed by atoms with Crippen molar-refractivity contribution in [3.05, 3.63) is 89.3 Å². The van der Waals surface area contributed by atoms with Crippen LogP contribution < -0.4 is 0 Å². The highest BCUT2D eigenvalue weighted by molar-refractivity contribution is 5.94. The Morgan fingerprint density at radius 1 is 1.03 bits per heavy atom. The van der Waals surface area contributed by atoms with Gasteiger partial charge in [0.1, 0.15) is 23.2 Å². The number of amides is 1. The number of oxazole rings is 1. The van der Waals surface area contributed by atoms with Crippen LogP contribution in [-0.2, 0) is 0 Å². The summed E-state index contributed by atoms with van der Waals surface area (Å²) in [5.41, 5.74) is 4.17. The minimum absolute atomic E-state index is 0.160. The lowest BCUT2D eigenvalue weighted by molar-refractivity contribution is 0.0717. The Morgan fingerprint density at radius 3 is 2.55 bits per heavy atom. The van der Waals surface area contributed by atoms with Crippen LogP contribution in [-0.4, -0.2) is 22.3 Å². The largest absolute Gasteiger partial charge is 0.438 e. The molecule has 31 heavy (non-hydrogen) atoms. The third-order valence-corrected chi connectivity index (χ3v) is 5.79. The second-order valence-electron chi connectivity index (χ2n) is 7.86. The number of aromatic nitrogens is 1. The number of carbonyl (C=O) groups is 1. The third kappa shape index (κ3) is 3.58. The van der Waals surface area contributed by atoms with Gasteiger partial charge in [0.05, 0.1) is 0 Å². The fourth-order valence-corrected chi connectivity index (χ4v) is 4.12. The average molecular weight is 418 g/mol. The van der Waals surface area contributed by atoms with Crippen LogP contribution in [0.4, 0.5) is 8.78 Å². The Hall–Kier alpha value is -3.54. The molecule has 1 aromatic heterocycles. The zero-order valence-corrected chi connectivity index (χ0v) is 16.9. The molecule has 1 saturated heterocycles. The molecule has 0 saturated carbocycles. The first-order valence-corrected chi connectivity index (χ1v) is 10.2. The van der Waals surface area contributed by atoms with Crippen molar-refractivity contribution in [2.24, 2.45) is 0 Å². The van der Waals surface area contributed by atoms with E-state index < -0.39 is 0 Å². The van der Waals surface area contributed by atoms with E-state index in [-0.39, 0.29) is 23.6 Å². The summed E-state index contributed by atoms with van der Waals surface area (Å²) in [6.45, 7) is 2.33. The molecule has 3 aromatic carbocycles. The van der Waals surface area contributed by atoms with Gasteiger partial charge in [0.25, 0.3) is 5.91 Å². The van der Waals surface area contributed by atoms with E-state index in [1.165, 1.54) is 30.3 Å². The van der Waals surface area contributed by atoms with Gasteiger partial charge < -0.3 is 9.32 Å². The molecule has 1 amide bonds. The van der Waals surface area contributed by atoms with E-state index in [0.717, 1.165) is 24.0 Å². The van der Waals surface area contributed by atoms with E-state index in [1.54, 1.807) is 24.0 Å². The second-order valence-corrected chi connectivity index (χ2v) is 7.86. The van der Waals surface area contributed by atoms with Crippen molar-refractivity contribution in [1.29, 1.82) is 0 Å². The molecule has 0 aliphatic carbocycles. The Bertz CT molecular complexity index is 1280. The molecule has 1 atom stereocenters. The van der Waals surface area contributed by atoms with E-state index >= 15 is 0 Å². The maximum absolute atomic E-state index is 13.6. The monoisotopic (exact) mass is 418 g/mol. The number of nitrogens with zero attached hydrogens (tertiary/aromatic N) is 2. The molecule has 1 fully saturated rings. The normalized spacial score (nSPS) is 16.2. The summed E-state index contributed by atoms with van der Waals surface area (Å²) in [5, 5.41) is 0. The fourth-order valence-electron chi connectivity index (χ4n) is 4.12. The van der Waals surface area contributed by atoms with Gasteiger partial charge in [-0.2, -0.15) is 0 Å². The Morgan fingerprint density at radius 2 is 1.77 bits per heavy atom.